The molecule has 0 unspecified atom stereocenters. The number of aryl methyl sites for hydroxylation is 1. The second-order valence-electron chi connectivity index (χ2n) is 3.28. The van der Waals surface area contributed by atoms with Crippen molar-refractivity contribution in [2.75, 3.05) is 0 Å². The molecule has 3 heteroatoms. The van der Waals surface area contributed by atoms with E-state index in [1.807, 2.05) is 42.1 Å². The molecule has 72 valence electrons. The number of nitrogens with zero attached hydrogens (tertiary/aromatic N) is 1. The number of aromatic nitrogens is 1. The summed E-state index contributed by atoms with van der Waals surface area (Å²) in [6.07, 6.45) is 1.89. The lowest BCUT2D eigenvalue weighted by Gasteiger charge is -1.99. The van der Waals surface area contributed by atoms with Crippen molar-refractivity contribution >= 4 is 16.8 Å². The molecule has 0 amide bonds. The number of hydrogen-bond donors (Lipinski definition) is 1. The Bertz CT molecular complexity index is 485. The lowest BCUT2D eigenvalue weighted by Crippen LogP contribution is -1.99. The van der Waals surface area contributed by atoms with Gasteiger partial charge in [0.15, 0.2) is 11.6 Å². The first-order valence-corrected chi connectivity index (χ1v) is 4.45. The van der Waals surface area contributed by atoms with Gasteiger partial charge in [0.2, 0.25) is 0 Å². The molecule has 0 atom stereocenters. The van der Waals surface area contributed by atoms with Crippen LogP contribution in [0.3, 0.4) is 0 Å². The Kier molecular flexibility index (Phi) is 2.00. The van der Waals surface area contributed by atoms with Crippen LogP contribution in [0.4, 0.5) is 0 Å². The summed E-state index contributed by atoms with van der Waals surface area (Å²) in [5.74, 6) is 0.956. The highest BCUT2D eigenvalue weighted by atomic mass is 16.5. The zero-order valence-corrected chi connectivity index (χ0v) is 8.24. The summed E-state index contributed by atoms with van der Waals surface area (Å²) < 4.78 is 7.30. The van der Waals surface area contributed by atoms with Crippen molar-refractivity contribution in [3.8, 4) is 5.75 Å². The Hall–Kier alpha value is -1.77. The van der Waals surface area contributed by atoms with Crippen LogP contribution in [-0.2, 0) is 7.05 Å². The van der Waals surface area contributed by atoms with Crippen LogP contribution in [0.5, 0.6) is 5.75 Å². The molecule has 0 aliphatic heterocycles. The molecule has 0 radical (unpaired) electrons. The molecule has 0 fully saturated rings. The maximum atomic E-state index is 7.28. The van der Waals surface area contributed by atoms with Gasteiger partial charge in [0.05, 0.1) is 5.52 Å². The summed E-state index contributed by atoms with van der Waals surface area (Å²) in [4.78, 5) is 0. The third kappa shape index (κ3) is 1.37. The topological polar surface area (TPSA) is 38.0 Å². The zero-order valence-electron chi connectivity index (χ0n) is 8.24. The van der Waals surface area contributed by atoms with Crippen LogP contribution in [0.25, 0.3) is 10.9 Å². The summed E-state index contributed by atoms with van der Waals surface area (Å²) in [6.45, 7) is 1.63. The molecular weight excluding hydrogens is 176 g/mol. The fourth-order valence-electron chi connectivity index (χ4n) is 1.55. The minimum Gasteiger partial charge on any atom is -0.442 e. The van der Waals surface area contributed by atoms with Crippen molar-refractivity contribution < 1.29 is 4.74 Å². The predicted octanol–water partition coefficient (Wildman–Crippen LogP) is 2.55. The Morgan fingerprint density at radius 3 is 2.79 bits per heavy atom. The second-order valence-corrected chi connectivity index (χ2v) is 3.28. The van der Waals surface area contributed by atoms with Gasteiger partial charge >= 0.3 is 0 Å². The summed E-state index contributed by atoms with van der Waals surface area (Å²) in [5.41, 5.74) is 1.11. The van der Waals surface area contributed by atoms with Gasteiger partial charge in [-0.1, -0.05) is 12.1 Å². The maximum Gasteiger partial charge on any atom is 0.184 e. The van der Waals surface area contributed by atoms with Gasteiger partial charge < -0.3 is 9.30 Å². The molecule has 0 bridgehead atoms. The fraction of sp³-hybridized carbons (Fsp3) is 0.182. The molecule has 1 heterocycles. The van der Waals surface area contributed by atoms with E-state index in [9.17, 15) is 0 Å². The van der Waals surface area contributed by atoms with Crippen molar-refractivity contribution in [2.45, 2.75) is 6.92 Å². The normalized spacial score (nSPS) is 10.4. The predicted molar refractivity (Wildman–Crippen MR) is 56.9 cm³/mol. The fourth-order valence-corrected chi connectivity index (χ4v) is 1.55. The minimum absolute atomic E-state index is 0.210. The number of nitrogens with one attached hydrogen (secondary N) is 1. The van der Waals surface area contributed by atoms with Gasteiger partial charge in [-0.05, 0) is 12.1 Å². The van der Waals surface area contributed by atoms with Crippen molar-refractivity contribution in [3.05, 3.63) is 30.5 Å². The lowest BCUT2D eigenvalue weighted by atomic mass is 10.2. The quantitative estimate of drug-likeness (QED) is 0.542. The first kappa shape index (κ1) is 8.81. The standard InChI is InChI=1S/C11H12N2O/c1-8(12)14-11-7-13(2)10-6-4-3-5-9(10)11/h3-7,12H,1-2H3. The molecule has 1 aromatic carbocycles. The van der Waals surface area contributed by atoms with E-state index in [-0.39, 0.29) is 5.90 Å². The minimum atomic E-state index is 0.210. The third-order valence-electron chi connectivity index (χ3n) is 2.12. The van der Waals surface area contributed by atoms with Gasteiger partial charge in [-0.15, -0.1) is 0 Å². The van der Waals surface area contributed by atoms with Crippen molar-refractivity contribution in [1.82, 2.24) is 4.57 Å². The van der Waals surface area contributed by atoms with Crippen LogP contribution in [0.15, 0.2) is 30.5 Å². The molecule has 0 aliphatic carbocycles. The average molecular weight is 188 g/mol. The second kappa shape index (κ2) is 3.18. The van der Waals surface area contributed by atoms with Gasteiger partial charge in [-0.3, -0.25) is 5.41 Å². The monoisotopic (exact) mass is 188 g/mol. The van der Waals surface area contributed by atoms with Crippen LogP contribution < -0.4 is 4.74 Å². The number of para-hydroxylation sites is 1. The number of benzene rings is 1. The highest BCUT2D eigenvalue weighted by Gasteiger charge is 2.06. The third-order valence-corrected chi connectivity index (χ3v) is 2.12. The number of rotatable bonds is 1. The molecule has 2 rings (SSSR count). The zero-order chi connectivity index (χ0) is 10.1. The Morgan fingerprint density at radius 1 is 1.36 bits per heavy atom. The maximum absolute atomic E-state index is 7.28. The van der Waals surface area contributed by atoms with Crippen LogP contribution >= 0.6 is 0 Å². The summed E-state index contributed by atoms with van der Waals surface area (Å²) in [5, 5.41) is 8.33. The van der Waals surface area contributed by atoms with E-state index in [1.54, 1.807) is 6.92 Å². The molecule has 14 heavy (non-hydrogen) atoms. The smallest absolute Gasteiger partial charge is 0.184 e. The van der Waals surface area contributed by atoms with Crippen molar-refractivity contribution in [1.29, 1.82) is 5.41 Å². The van der Waals surface area contributed by atoms with Crippen LogP contribution in [-0.4, -0.2) is 10.5 Å². The van der Waals surface area contributed by atoms with Crippen LogP contribution in [0, 0.1) is 5.41 Å². The first-order valence-electron chi connectivity index (χ1n) is 4.45. The van der Waals surface area contributed by atoms with E-state index < -0.39 is 0 Å². The van der Waals surface area contributed by atoms with Gasteiger partial charge in [0.1, 0.15) is 0 Å². The summed E-state index contributed by atoms with van der Waals surface area (Å²) in [7, 11) is 1.97. The number of hydrogen-bond acceptors (Lipinski definition) is 2. The molecule has 2 aromatic rings. The summed E-state index contributed by atoms with van der Waals surface area (Å²) >= 11 is 0. The van der Waals surface area contributed by atoms with Gasteiger partial charge in [-0.25, -0.2) is 0 Å². The highest BCUT2D eigenvalue weighted by Crippen LogP contribution is 2.26. The molecule has 1 N–H and O–H groups in total. The largest absolute Gasteiger partial charge is 0.442 e. The highest BCUT2D eigenvalue weighted by molar-refractivity contribution is 5.89. The van der Waals surface area contributed by atoms with E-state index >= 15 is 0 Å². The SMILES string of the molecule is CC(=N)Oc1cn(C)c2ccccc12. The van der Waals surface area contributed by atoms with Crippen molar-refractivity contribution in [2.24, 2.45) is 7.05 Å². The van der Waals surface area contributed by atoms with Crippen LogP contribution in [0.1, 0.15) is 6.92 Å². The number of fused-ring (bicyclic) bond motifs is 1. The summed E-state index contributed by atoms with van der Waals surface area (Å²) in [6, 6.07) is 7.98. The molecule has 1 aromatic heterocycles. The molecule has 3 nitrogen and oxygen atoms in total. The molecular formula is C11H12N2O. The molecule has 0 saturated heterocycles. The van der Waals surface area contributed by atoms with E-state index in [0.29, 0.717) is 0 Å². The van der Waals surface area contributed by atoms with E-state index in [4.69, 9.17) is 10.1 Å². The van der Waals surface area contributed by atoms with Gasteiger partial charge in [0, 0.05) is 25.6 Å². The molecule has 0 aliphatic rings. The Balaban J connectivity index is 2.60. The lowest BCUT2D eigenvalue weighted by molar-refractivity contribution is 0.545. The van der Waals surface area contributed by atoms with E-state index in [2.05, 4.69) is 0 Å². The van der Waals surface area contributed by atoms with Crippen molar-refractivity contribution in [3.63, 3.8) is 0 Å². The number of ether oxygens (including phenoxy) is 1. The average Bonchev–Trinajstić information content (AvgIpc) is 2.44. The Morgan fingerprint density at radius 2 is 2.07 bits per heavy atom. The van der Waals surface area contributed by atoms with Gasteiger partial charge in [-0.2, -0.15) is 0 Å². The molecule has 0 saturated carbocycles. The molecule has 0 spiro atoms. The van der Waals surface area contributed by atoms with E-state index in [0.717, 1.165) is 16.7 Å². The van der Waals surface area contributed by atoms with Gasteiger partial charge in [0.25, 0.3) is 0 Å². The first-order chi connectivity index (χ1) is 6.68. The van der Waals surface area contributed by atoms with E-state index in [1.165, 1.54) is 0 Å². The van der Waals surface area contributed by atoms with Crippen LogP contribution in [0.2, 0.25) is 0 Å². The Labute approximate surface area is 82.4 Å².